The van der Waals surface area contributed by atoms with Crippen molar-refractivity contribution >= 4 is 11.3 Å². The predicted molar refractivity (Wildman–Crippen MR) is 63.4 cm³/mol. The summed E-state index contributed by atoms with van der Waals surface area (Å²) in [6, 6.07) is 3.90. The fraction of sp³-hybridized carbons (Fsp3) is 0.0909. The van der Waals surface area contributed by atoms with Gasteiger partial charge in [-0.3, -0.25) is 0 Å². The smallest absolute Gasteiger partial charge is 0.261 e. The molecular weight excluding hydrogens is 236 g/mol. The van der Waals surface area contributed by atoms with E-state index >= 15 is 0 Å². The van der Waals surface area contributed by atoms with E-state index in [4.69, 9.17) is 4.52 Å². The maximum atomic E-state index is 5.18. The van der Waals surface area contributed by atoms with Crippen LogP contribution in [0.2, 0.25) is 0 Å². The third-order valence-electron chi connectivity index (χ3n) is 2.20. The van der Waals surface area contributed by atoms with Crippen LogP contribution in [-0.4, -0.2) is 20.1 Å². The molecule has 6 heteroatoms. The fourth-order valence-corrected chi connectivity index (χ4v) is 2.00. The van der Waals surface area contributed by atoms with Crippen LogP contribution in [0.1, 0.15) is 5.82 Å². The summed E-state index contributed by atoms with van der Waals surface area (Å²) in [6.45, 7) is 1.83. The molecule has 0 radical (unpaired) electrons. The number of hydrogen-bond donors (Lipinski definition) is 0. The van der Waals surface area contributed by atoms with Gasteiger partial charge in [-0.15, -0.1) is 11.3 Å². The van der Waals surface area contributed by atoms with Crippen molar-refractivity contribution in [3.63, 3.8) is 0 Å². The molecule has 0 atom stereocenters. The number of rotatable bonds is 2. The van der Waals surface area contributed by atoms with Gasteiger partial charge in [0.05, 0.1) is 10.4 Å². The second-order valence-electron chi connectivity index (χ2n) is 3.42. The highest BCUT2D eigenvalue weighted by Gasteiger charge is 2.11. The molecule has 3 aromatic heterocycles. The lowest BCUT2D eigenvalue weighted by Crippen LogP contribution is -1.87. The van der Waals surface area contributed by atoms with Crippen molar-refractivity contribution in [2.75, 3.05) is 0 Å². The molecule has 0 saturated carbocycles. The lowest BCUT2D eigenvalue weighted by molar-refractivity contribution is 0.432. The van der Waals surface area contributed by atoms with Gasteiger partial charge >= 0.3 is 0 Å². The maximum absolute atomic E-state index is 5.18. The first-order chi connectivity index (χ1) is 8.33. The molecule has 3 heterocycles. The van der Waals surface area contributed by atoms with E-state index in [1.165, 1.54) is 0 Å². The van der Waals surface area contributed by atoms with E-state index in [9.17, 15) is 0 Å². The van der Waals surface area contributed by atoms with Crippen molar-refractivity contribution in [1.29, 1.82) is 0 Å². The zero-order chi connectivity index (χ0) is 11.7. The van der Waals surface area contributed by atoms with E-state index in [2.05, 4.69) is 20.1 Å². The van der Waals surface area contributed by atoms with Crippen LogP contribution in [0.5, 0.6) is 0 Å². The van der Waals surface area contributed by atoms with E-state index in [1.807, 2.05) is 24.4 Å². The summed E-state index contributed by atoms with van der Waals surface area (Å²) in [7, 11) is 0. The third kappa shape index (κ3) is 1.94. The second kappa shape index (κ2) is 4.06. The average molecular weight is 244 g/mol. The van der Waals surface area contributed by atoms with Crippen LogP contribution in [0.25, 0.3) is 22.2 Å². The third-order valence-corrected chi connectivity index (χ3v) is 3.06. The topological polar surface area (TPSA) is 64.7 Å². The molecule has 0 aliphatic heterocycles. The molecule has 0 aliphatic carbocycles. The Bertz CT molecular complexity index is 615. The summed E-state index contributed by atoms with van der Waals surface area (Å²) < 4.78 is 5.18. The van der Waals surface area contributed by atoms with Crippen molar-refractivity contribution in [2.45, 2.75) is 6.92 Å². The van der Waals surface area contributed by atoms with Gasteiger partial charge in [-0.1, -0.05) is 11.2 Å². The fourth-order valence-electron chi connectivity index (χ4n) is 1.35. The van der Waals surface area contributed by atoms with Crippen LogP contribution in [0.15, 0.2) is 34.4 Å². The van der Waals surface area contributed by atoms with Crippen molar-refractivity contribution in [3.8, 4) is 22.2 Å². The van der Waals surface area contributed by atoms with E-state index < -0.39 is 0 Å². The summed E-state index contributed by atoms with van der Waals surface area (Å²) in [5, 5.41) is 5.90. The molecule has 0 N–H and O–H groups in total. The zero-order valence-corrected chi connectivity index (χ0v) is 9.81. The SMILES string of the molecule is Cc1ncc(-c2nc(-c3cccs3)no2)cn1. The van der Waals surface area contributed by atoms with Crippen molar-refractivity contribution in [1.82, 2.24) is 20.1 Å². The maximum Gasteiger partial charge on any atom is 0.261 e. The summed E-state index contributed by atoms with van der Waals surface area (Å²) in [5.41, 5.74) is 0.728. The van der Waals surface area contributed by atoms with Crippen molar-refractivity contribution < 1.29 is 4.52 Å². The van der Waals surface area contributed by atoms with Gasteiger partial charge < -0.3 is 4.52 Å². The Labute approximate surface area is 101 Å². The van der Waals surface area contributed by atoms with Crippen LogP contribution >= 0.6 is 11.3 Å². The highest BCUT2D eigenvalue weighted by molar-refractivity contribution is 7.13. The second-order valence-corrected chi connectivity index (χ2v) is 4.37. The summed E-state index contributed by atoms with van der Waals surface area (Å²) in [4.78, 5) is 13.5. The molecule has 0 saturated heterocycles. The molecule has 0 bridgehead atoms. The lowest BCUT2D eigenvalue weighted by Gasteiger charge is -1.92. The van der Waals surface area contributed by atoms with Crippen LogP contribution in [0.3, 0.4) is 0 Å². The molecule has 3 rings (SSSR count). The van der Waals surface area contributed by atoms with Gasteiger partial charge in [0.2, 0.25) is 5.82 Å². The van der Waals surface area contributed by atoms with Crippen LogP contribution in [0, 0.1) is 6.92 Å². The van der Waals surface area contributed by atoms with Crippen molar-refractivity contribution in [3.05, 3.63) is 35.7 Å². The molecule has 84 valence electrons. The molecule has 3 aromatic rings. The quantitative estimate of drug-likeness (QED) is 0.693. The first-order valence-corrected chi connectivity index (χ1v) is 5.87. The van der Waals surface area contributed by atoms with Gasteiger partial charge in [-0.25, -0.2) is 9.97 Å². The highest BCUT2D eigenvalue weighted by atomic mass is 32.1. The van der Waals surface area contributed by atoms with Gasteiger partial charge in [0.15, 0.2) is 0 Å². The minimum Gasteiger partial charge on any atom is -0.333 e. The lowest BCUT2D eigenvalue weighted by atomic mass is 10.3. The van der Waals surface area contributed by atoms with Crippen molar-refractivity contribution in [2.24, 2.45) is 0 Å². The largest absolute Gasteiger partial charge is 0.333 e. The van der Waals surface area contributed by atoms with Crippen LogP contribution < -0.4 is 0 Å². The average Bonchev–Trinajstić information content (AvgIpc) is 3.00. The van der Waals surface area contributed by atoms with Gasteiger partial charge in [0, 0.05) is 12.4 Å². The minimum absolute atomic E-state index is 0.438. The Morgan fingerprint density at radius 3 is 2.76 bits per heavy atom. The molecule has 17 heavy (non-hydrogen) atoms. The molecule has 0 aliphatic rings. The molecule has 0 unspecified atom stereocenters. The molecule has 0 amide bonds. The van der Waals surface area contributed by atoms with Gasteiger partial charge in [-0.2, -0.15) is 4.98 Å². The molecule has 5 nitrogen and oxygen atoms in total. The highest BCUT2D eigenvalue weighted by Crippen LogP contribution is 2.24. The Balaban J connectivity index is 1.98. The number of aromatic nitrogens is 4. The minimum atomic E-state index is 0.438. The Morgan fingerprint density at radius 1 is 1.24 bits per heavy atom. The number of thiophene rings is 1. The number of aryl methyl sites for hydroxylation is 1. The van der Waals surface area contributed by atoms with Gasteiger partial charge in [-0.05, 0) is 18.4 Å². The van der Waals surface area contributed by atoms with E-state index in [0.717, 1.165) is 10.4 Å². The normalized spacial score (nSPS) is 10.6. The van der Waals surface area contributed by atoms with Gasteiger partial charge in [0.25, 0.3) is 5.89 Å². The molecule has 0 spiro atoms. The van der Waals surface area contributed by atoms with Crippen LogP contribution in [-0.2, 0) is 0 Å². The first kappa shape index (κ1) is 10.1. The Hall–Kier alpha value is -2.08. The summed E-state index contributed by atoms with van der Waals surface area (Å²) in [5.74, 6) is 1.75. The van der Waals surface area contributed by atoms with E-state index in [-0.39, 0.29) is 0 Å². The van der Waals surface area contributed by atoms with Crippen LogP contribution in [0.4, 0.5) is 0 Å². The van der Waals surface area contributed by atoms with Gasteiger partial charge in [0.1, 0.15) is 5.82 Å². The molecule has 0 fully saturated rings. The predicted octanol–water partition coefficient (Wildman–Crippen LogP) is 2.56. The Morgan fingerprint density at radius 2 is 2.06 bits per heavy atom. The Kier molecular flexibility index (Phi) is 2.41. The standard InChI is InChI=1S/C11H8N4OS/c1-7-12-5-8(6-13-7)11-14-10(15-16-11)9-3-2-4-17-9/h2-6H,1H3. The monoisotopic (exact) mass is 244 g/mol. The zero-order valence-electron chi connectivity index (χ0n) is 8.99. The summed E-state index contributed by atoms with van der Waals surface area (Å²) in [6.07, 6.45) is 3.35. The number of hydrogen-bond acceptors (Lipinski definition) is 6. The molecular formula is C11H8N4OS. The molecule has 0 aromatic carbocycles. The first-order valence-electron chi connectivity index (χ1n) is 4.99. The van der Waals surface area contributed by atoms with E-state index in [0.29, 0.717) is 17.5 Å². The van der Waals surface area contributed by atoms with E-state index in [1.54, 1.807) is 23.7 Å². The summed E-state index contributed by atoms with van der Waals surface area (Å²) >= 11 is 1.57. The number of nitrogens with zero attached hydrogens (tertiary/aromatic N) is 4.